The number of benzene rings is 3. The number of fused-ring (bicyclic) bond motifs is 6. The summed E-state index contributed by atoms with van der Waals surface area (Å²) in [5, 5.41) is 2.94. The average Bonchev–Trinajstić information content (AvgIpc) is 3.41. The molecule has 12 heteroatoms. The van der Waals surface area contributed by atoms with Crippen LogP contribution in [0.1, 0.15) is 70.0 Å². The van der Waals surface area contributed by atoms with Crippen LogP contribution in [-0.4, -0.2) is 90.0 Å². The summed E-state index contributed by atoms with van der Waals surface area (Å²) in [7, 11) is 1.40. The Kier molecular flexibility index (Phi) is 10.9. The predicted molar refractivity (Wildman–Crippen MR) is 197 cm³/mol. The van der Waals surface area contributed by atoms with Crippen molar-refractivity contribution >= 4 is 40.8 Å². The van der Waals surface area contributed by atoms with E-state index in [2.05, 4.69) is 22.0 Å². The standard InChI is InChI=1S/C40H46ClN3O8/c1-26-22-43(23-26)29-8-11-32-35(20-29)51-36-21-30(44-24-28(25-44)38(46)48-2)9-12-33(36)40(32)34-19-27(7-10-31(34)39(47)52-40)37(45)42-14-16-50-18-17-49-15-6-4-3-5-13-41/h7-12,19-21,26,28H,3-6,13-18,22-25H2,1-2H3,(H,42,45). The molecule has 3 aromatic rings. The highest BCUT2D eigenvalue weighted by atomic mass is 35.5. The molecule has 2 fully saturated rings. The molecule has 0 bridgehead atoms. The molecule has 1 N–H and O–H groups in total. The lowest BCUT2D eigenvalue weighted by atomic mass is 9.77. The second-order valence-corrected chi connectivity index (χ2v) is 14.4. The predicted octanol–water partition coefficient (Wildman–Crippen LogP) is 5.88. The summed E-state index contributed by atoms with van der Waals surface area (Å²) in [6, 6.07) is 16.9. The number of hydrogen-bond acceptors (Lipinski definition) is 10. The van der Waals surface area contributed by atoms with Gasteiger partial charge in [-0.2, -0.15) is 0 Å². The zero-order valence-electron chi connectivity index (χ0n) is 29.8. The highest BCUT2D eigenvalue weighted by Gasteiger charge is 2.54. The molecule has 52 heavy (non-hydrogen) atoms. The molecule has 4 aliphatic rings. The third-order valence-corrected chi connectivity index (χ3v) is 10.6. The number of nitrogens with zero attached hydrogens (tertiary/aromatic N) is 2. The van der Waals surface area contributed by atoms with Gasteiger partial charge in [0.2, 0.25) is 0 Å². The van der Waals surface area contributed by atoms with E-state index in [1.54, 1.807) is 18.2 Å². The van der Waals surface area contributed by atoms with E-state index in [1.165, 1.54) is 7.11 Å². The number of unbranched alkanes of at least 4 members (excludes halogenated alkanes) is 3. The van der Waals surface area contributed by atoms with Crippen molar-refractivity contribution in [3.8, 4) is 11.5 Å². The van der Waals surface area contributed by atoms with Gasteiger partial charge in [0.1, 0.15) is 11.5 Å². The first-order valence-electron chi connectivity index (χ1n) is 18.2. The van der Waals surface area contributed by atoms with Crippen LogP contribution in [0.2, 0.25) is 0 Å². The highest BCUT2D eigenvalue weighted by Crippen LogP contribution is 2.57. The Hall–Kier alpha value is -4.32. The molecule has 2 saturated heterocycles. The number of rotatable bonds is 16. The third-order valence-electron chi connectivity index (χ3n) is 10.3. The molecule has 1 unspecified atom stereocenters. The lowest BCUT2D eigenvalue weighted by molar-refractivity contribution is -0.146. The minimum atomic E-state index is -1.33. The number of ether oxygens (including phenoxy) is 5. The summed E-state index contributed by atoms with van der Waals surface area (Å²) >= 11 is 5.71. The molecule has 3 aromatic carbocycles. The van der Waals surface area contributed by atoms with Crippen LogP contribution in [-0.2, 0) is 29.3 Å². The van der Waals surface area contributed by atoms with E-state index in [1.807, 2.05) is 36.4 Å². The van der Waals surface area contributed by atoms with E-state index < -0.39 is 11.6 Å². The van der Waals surface area contributed by atoms with Crippen molar-refractivity contribution < 1.29 is 38.1 Å². The number of carbonyl (C=O) groups is 3. The molecule has 1 atom stereocenters. The summed E-state index contributed by atoms with van der Waals surface area (Å²) in [6.07, 6.45) is 4.27. The van der Waals surface area contributed by atoms with Crippen molar-refractivity contribution in [1.82, 2.24) is 5.32 Å². The van der Waals surface area contributed by atoms with Gasteiger partial charge in [-0.15, -0.1) is 11.6 Å². The van der Waals surface area contributed by atoms with Crippen molar-refractivity contribution in [3.05, 3.63) is 82.4 Å². The lowest BCUT2D eigenvalue weighted by Crippen LogP contribution is -2.50. The first kappa shape index (κ1) is 36.1. The summed E-state index contributed by atoms with van der Waals surface area (Å²) in [5.74, 6) is 1.28. The van der Waals surface area contributed by atoms with E-state index in [0.29, 0.717) is 97.2 Å². The van der Waals surface area contributed by atoms with E-state index in [4.69, 9.17) is 35.3 Å². The van der Waals surface area contributed by atoms with Crippen LogP contribution in [0, 0.1) is 11.8 Å². The van der Waals surface area contributed by atoms with Crippen LogP contribution in [0.15, 0.2) is 54.6 Å². The molecule has 4 heterocycles. The number of anilines is 2. The first-order chi connectivity index (χ1) is 25.3. The quantitative estimate of drug-likeness (QED) is 0.109. The average molecular weight is 732 g/mol. The smallest absolute Gasteiger partial charge is 0.340 e. The van der Waals surface area contributed by atoms with Crippen LogP contribution in [0.4, 0.5) is 11.4 Å². The first-order valence-corrected chi connectivity index (χ1v) is 18.8. The molecule has 1 amide bonds. The minimum Gasteiger partial charge on any atom is -0.469 e. The van der Waals surface area contributed by atoms with E-state index in [0.717, 1.165) is 50.1 Å². The SMILES string of the molecule is COC(=O)C1CN(c2ccc3c(c2)Oc2cc(N4CC(C)C4)ccc2C32OC(=O)c3ccc(C(=O)NCCOCCOCCCCCCCl)cc32)C1. The third kappa shape index (κ3) is 7.06. The number of alkyl halides is 1. The van der Waals surface area contributed by atoms with Crippen molar-refractivity contribution in [2.24, 2.45) is 11.8 Å². The number of amides is 1. The monoisotopic (exact) mass is 731 g/mol. The fourth-order valence-electron chi connectivity index (χ4n) is 7.46. The second-order valence-electron chi connectivity index (χ2n) is 14.0. The van der Waals surface area contributed by atoms with Crippen molar-refractivity contribution in [1.29, 1.82) is 0 Å². The van der Waals surface area contributed by atoms with Crippen LogP contribution < -0.4 is 19.9 Å². The molecule has 0 radical (unpaired) electrons. The summed E-state index contributed by atoms with van der Waals surface area (Å²) in [6.45, 7) is 7.51. The molecule has 276 valence electrons. The molecule has 1 spiro atoms. The number of hydrogen-bond donors (Lipinski definition) is 1. The maximum atomic E-state index is 13.6. The van der Waals surface area contributed by atoms with Crippen molar-refractivity contribution in [2.75, 3.05) is 81.9 Å². The van der Waals surface area contributed by atoms with Gasteiger partial charge >= 0.3 is 11.9 Å². The van der Waals surface area contributed by atoms with Gasteiger partial charge in [-0.25, -0.2) is 4.79 Å². The largest absolute Gasteiger partial charge is 0.469 e. The van der Waals surface area contributed by atoms with Gasteiger partial charge in [-0.3, -0.25) is 9.59 Å². The van der Waals surface area contributed by atoms with Crippen LogP contribution in [0.3, 0.4) is 0 Å². The summed E-state index contributed by atoms with van der Waals surface area (Å²) in [4.78, 5) is 43.5. The highest BCUT2D eigenvalue weighted by molar-refractivity contribution is 6.17. The Balaban J connectivity index is 1.09. The number of carbonyl (C=O) groups excluding carboxylic acids is 3. The molecule has 11 nitrogen and oxygen atoms in total. The van der Waals surface area contributed by atoms with E-state index in [9.17, 15) is 14.4 Å². The van der Waals surface area contributed by atoms with Gasteiger partial charge in [0.25, 0.3) is 5.91 Å². The lowest BCUT2D eigenvalue weighted by Gasteiger charge is -2.42. The number of esters is 2. The molecule has 0 aromatic heterocycles. The maximum Gasteiger partial charge on any atom is 0.340 e. The van der Waals surface area contributed by atoms with Gasteiger partial charge in [-0.05, 0) is 61.2 Å². The Morgan fingerprint density at radius 3 is 2.13 bits per heavy atom. The molecule has 7 rings (SSSR count). The Morgan fingerprint density at radius 2 is 1.48 bits per heavy atom. The fourth-order valence-corrected chi connectivity index (χ4v) is 7.65. The maximum absolute atomic E-state index is 13.6. The second kappa shape index (κ2) is 15.7. The molecular weight excluding hydrogens is 686 g/mol. The van der Waals surface area contributed by atoms with Crippen LogP contribution in [0.25, 0.3) is 0 Å². The molecule has 0 aliphatic carbocycles. The minimum absolute atomic E-state index is 0.185. The molecule has 0 saturated carbocycles. The van der Waals surface area contributed by atoms with Crippen molar-refractivity contribution in [3.63, 3.8) is 0 Å². The summed E-state index contributed by atoms with van der Waals surface area (Å²) in [5.41, 5.74) is 3.31. The van der Waals surface area contributed by atoms with Gasteiger partial charge in [0, 0.05) is 91.0 Å². The number of nitrogens with one attached hydrogen (secondary N) is 1. The normalized spacial score (nSPS) is 18.9. The van der Waals surface area contributed by atoms with Gasteiger partial charge in [0.05, 0.1) is 38.4 Å². The van der Waals surface area contributed by atoms with Gasteiger partial charge in [0.15, 0.2) is 5.60 Å². The zero-order valence-corrected chi connectivity index (χ0v) is 30.5. The fraction of sp³-hybridized carbons (Fsp3) is 0.475. The van der Waals surface area contributed by atoms with Crippen LogP contribution in [0.5, 0.6) is 11.5 Å². The summed E-state index contributed by atoms with van der Waals surface area (Å²) < 4.78 is 29.2. The topological polar surface area (TPSA) is 116 Å². The van der Waals surface area contributed by atoms with Gasteiger partial charge in [-0.1, -0.05) is 19.8 Å². The van der Waals surface area contributed by atoms with E-state index >= 15 is 0 Å². The Bertz CT molecular complexity index is 1810. The number of halogens is 1. The van der Waals surface area contributed by atoms with Crippen LogP contribution >= 0.6 is 11.6 Å². The number of methoxy groups -OCH3 is 1. The van der Waals surface area contributed by atoms with Crippen molar-refractivity contribution in [2.45, 2.75) is 38.2 Å². The van der Waals surface area contributed by atoms with E-state index in [-0.39, 0.29) is 17.8 Å². The van der Waals surface area contributed by atoms with Gasteiger partial charge < -0.3 is 38.8 Å². The zero-order chi connectivity index (χ0) is 36.2. The Morgan fingerprint density at radius 1 is 0.827 bits per heavy atom. The molecule has 4 aliphatic heterocycles. The molecular formula is C40H46ClN3O8. The Labute approximate surface area is 309 Å².